The van der Waals surface area contributed by atoms with Gasteiger partial charge in [0, 0.05) is 31.2 Å². The van der Waals surface area contributed by atoms with Crippen LogP contribution in [0.15, 0.2) is 24.3 Å². The molecule has 1 heterocycles. The van der Waals surface area contributed by atoms with Crippen LogP contribution in [-0.2, 0) is 0 Å². The summed E-state index contributed by atoms with van der Waals surface area (Å²) in [5, 5.41) is 12.3. The number of hydrogen-bond acceptors (Lipinski definition) is 4. The average molecular weight is 306 g/mol. The molecule has 5 nitrogen and oxygen atoms in total. The van der Waals surface area contributed by atoms with Gasteiger partial charge in [-0.1, -0.05) is 13.3 Å². The third-order valence-corrected chi connectivity index (χ3v) is 4.26. The highest BCUT2D eigenvalue weighted by Gasteiger charge is 2.32. The maximum Gasteiger partial charge on any atom is 0.251 e. The maximum atomic E-state index is 12.4. The Morgan fingerprint density at radius 2 is 2.09 bits per heavy atom. The number of methoxy groups -OCH3 is 1. The van der Waals surface area contributed by atoms with Crippen LogP contribution in [0.4, 0.5) is 0 Å². The Hall–Kier alpha value is -1.59. The topological polar surface area (TPSA) is 61.8 Å². The molecule has 0 bridgehead atoms. The maximum absolute atomic E-state index is 12.4. The van der Waals surface area contributed by atoms with E-state index >= 15 is 0 Å². The lowest BCUT2D eigenvalue weighted by Crippen LogP contribution is -2.40. The van der Waals surface area contributed by atoms with Crippen LogP contribution in [0.5, 0.6) is 5.75 Å². The third-order valence-electron chi connectivity index (χ3n) is 4.26. The van der Waals surface area contributed by atoms with E-state index in [-0.39, 0.29) is 18.6 Å². The van der Waals surface area contributed by atoms with Gasteiger partial charge in [-0.2, -0.15) is 0 Å². The molecule has 1 saturated heterocycles. The molecule has 122 valence electrons. The molecular weight excluding hydrogens is 280 g/mol. The number of nitrogens with one attached hydrogen (secondary N) is 1. The number of ether oxygens (including phenoxy) is 1. The van der Waals surface area contributed by atoms with Crippen molar-refractivity contribution in [3.8, 4) is 5.75 Å². The van der Waals surface area contributed by atoms with E-state index in [0.29, 0.717) is 18.0 Å². The van der Waals surface area contributed by atoms with E-state index in [0.717, 1.165) is 31.7 Å². The van der Waals surface area contributed by atoms with Gasteiger partial charge in [-0.3, -0.25) is 9.69 Å². The Bertz CT molecular complexity index is 475. The standard InChI is InChI=1S/C17H26N2O3/c1-3-4-14-11-19(9-10-20)12-16(14)18-17(21)13-5-7-15(22-2)8-6-13/h5-8,14,16,20H,3-4,9-12H2,1-2H3,(H,18,21). The monoisotopic (exact) mass is 306 g/mol. The Kier molecular flexibility index (Phi) is 6.21. The first-order chi connectivity index (χ1) is 10.7. The van der Waals surface area contributed by atoms with Crippen LogP contribution >= 0.6 is 0 Å². The van der Waals surface area contributed by atoms with E-state index in [4.69, 9.17) is 9.84 Å². The van der Waals surface area contributed by atoms with Gasteiger partial charge < -0.3 is 15.2 Å². The van der Waals surface area contributed by atoms with Crippen LogP contribution in [-0.4, -0.2) is 55.3 Å². The molecule has 1 aromatic rings. The van der Waals surface area contributed by atoms with Crippen molar-refractivity contribution >= 4 is 5.91 Å². The number of carbonyl (C=O) groups excluding carboxylic acids is 1. The number of benzene rings is 1. The first kappa shape index (κ1) is 16.8. The van der Waals surface area contributed by atoms with Crippen molar-refractivity contribution in [3.63, 3.8) is 0 Å². The summed E-state index contributed by atoms with van der Waals surface area (Å²) in [5.41, 5.74) is 0.650. The minimum atomic E-state index is -0.0420. The van der Waals surface area contributed by atoms with Crippen molar-refractivity contribution in [1.82, 2.24) is 10.2 Å². The Morgan fingerprint density at radius 3 is 2.68 bits per heavy atom. The molecule has 1 fully saturated rings. The molecule has 0 radical (unpaired) electrons. The molecule has 2 atom stereocenters. The van der Waals surface area contributed by atoms with Gasteiger partial charge in [-0.05, 0) is 36.6 Å². The number of amides is 1. The normalized spacial score (nSPS) is 21.8. The number of likely N-dealkylation sites (tertiary alicyclic amines) is 1. The van der Waals surface area contributed by atoms with Gasteiger partial charge >= 0.3 is 0 Å². The minimum absolute atomic E-state index is 0.0420. The summed E-state index contributed by atoms with van der Waals surface area (Å²) in [6.07, 6.45) is 2.20. The second-order valence-corrected chi connectivity index (χ2v) is 5.84. The van der Waals surface area contributed by atoms with Crippen molar-refractivity contribution in [1.29, 1.82) is 0 Å². The second kappa shape index (κ2) is 8.15. The molecule has 2 rings (SSSR count). The van der Waals surface area contributed by atoms with Gasteiger partial charge in [0.25, 0.3) is 5.91 Å². The predicted octanol–water partition coefficient (Wildman–Crippen LogP) is 1.52. The summed E-state index contributed by atoms with van der Waals surface area (Å²) >= 11 is 0. The van der Waals surface area contributed by atoms with Gasteiger partial charge in [0.2, 0.25) is 0 Å². The highest BCUT2D eigenvalue weighted by atomic mass is 16.5. The molecule has 1 aromatic carbocycles. The second-order valence-electron chi connectivity index (χ2n) is 5.84. The molecule has 22 heavy (non-hydrogen) atoms. The summed E-state index contributed by atoms with van der Waals surface area (Å²) in [6.45, 7) is 4.76. The van der Waals surface area contributed by atoms with Crippen molar-refractivity contribution in [2.45, 2.75) is 25.8 Å². The van der Waals surface area contributed by atoms with E-state index in [1.54, 1.807) is 31.4 Å². The molecule has 2 unspecified atom stereocenters. The number of aliphatic hydroxyl groups is 1. The van der Waals surface area contributed by atoms with Crippen LogP contribution < -0.4 is 10.1 Å². The summed E-state index contributed by atoms with van der Waals surface area (Å²) < 4.78 is 5.11. The Morgan fingerprint density at radius 1 is 1.36 bits per heavy atom. The number of hydrogen-bond donors (Lipinski definition) is 2. The fraction of sp³-hybridized carbons (Fsp3) is 0.588. The summed E-state index contributed by atoms with van der Waals surface area (Å²) in [4.78, 5) is 14.6. The first-order valence-corrected chi connectivity index (χ1v) is 7.96. The molecule has 1 aliphatic heterocycles. The molecule has 5 heteroatoms. The largest absolute Gasteiger partial charge is 0.497 e. The fourth-order valence-corrected chi connectivity index (χ4v) is 3.11. The van der Waals surface area contributed by atoms with E-state index in [2.05, 4.69) is 17.1 Å². The number of carbonyl (C=O) groups is 1. The molecule has 0 aliphatic carbocycles. The summed E-state index contributed by atoms with van der Waals surface area (Å²) in [7, 11) is 1.61. The molecule has 0 spiro atoms. The van der Waals surface area contributed by atoms with Crippen molar-refractivity contribution in [3.05, 3.63) is 29.8 Å². The van der Waals surface area contributed by atoms with E-state index in [1.165, 1.54) is 0 Å². The molecular formula is C17H26N2O3. The van der Waals surface area contributed by atoms with Crippen LogP contribution in [0.1, 0.15) is 30.1 Å². The summed E-state index contributed by atoms with van der Waals surface area (Å²) in [5.74, 6) is 1.16. The number of aliphatic hydroxyl groups excluding tert-OH is 1. The Balaban J connectivity index is 1.98. The zero-order valence-corrected chi connectivity index (χ0v) is 13.4. The van der Waals surface area contributed by atoms with Gasteiger partial charge in [0.05, 0.1) is 13.7 Å². The molecule has 0 aromatic heterocycles. The smallest absolute Gasteiger partial charge is 0.251 e. The number of nitrogens with zero attached hydrogens (tertiary/aromatic N) is 1. The predicted molar refractivity (Wildman–Crippen MR) is 86.2 cm³/mol. The SMILES string of the molecule is CCCC1CN(CCO)CC1NC(=O)c1ccc(OC)cc1. The lowest BCUT2D eigenvalue weighted by molar-refractivity contribution is 0.0929. The van der Waals surface area contributed by atoms with Gasteiger partial charge in [0.1, 0.15) is 5.75 Å². The average Bonchev–Trinajstić information content (AvgIpc) is 2.89. The number of rotatable bonds is 7. The zero-order chi connectivity index (χ0) is 15.9. The molecule has 1 aliphatic rings. The van der Waals surface area contributed by atoms with Gasteiger partial charge in [-0.25, -0.2) is 0 Å². The molecule has 0 saturated carbocycles. The highest BCUT2D eigenvalue weighted by molar-refractivity contribution is 5.94. The van der Waals surface area contributed by atoms with E-state index < -0.39 is 0 Å². The minimum Gasteiger partial charge on any atom is -0.497 e. The van der Waals surface area contributed by atoms with Crippen molar-refractivity contribution in [2.75, 3.05) is 33.4 Å². The molecule has 1 amide bonds. The lowest BCUT2D eigenvalue weighted by atomic mass is 9.98. The first-order valence-electron chi connectivity index (χ1n) is 7.96. The van der Waals surface area contributed by atoms with Crippen LogP contribution in [0.25, 0.3) is 0 Å². The van der Waals surface area contributed by atoms with Gasteiger partial charge in [-0.15, -0.1) is 0 Å². The third kappa shape index (κ3) is 4.21. The van der Waals surface area contributed by atoms with Crippen LogP contribution in [0.3, 0.4) is 0 Å². The van der Waals surface area contributed by atoms with E-state index in [1.807, 2.05) is 0 Å². The Labute approximate surface area is 132 Å². The summed E-state index contributed by atoms with van der Waals surface area (Å²) in [6, 6.07) is 7.31. The van der Waals surface area contributed by atoms with Crippen LogP contribution in [0, 0.1) is 5.92 Å². The quantitative estimate of drug-likeness (QED) is 0.802. The van der Waals surface area contributed by atoms with E-state index in [9.17, 15) is 4.79 Å². The number of β-amino-alcohol motifs (C(OH)–C–C–N with tert-alkyl or cyclic N) is 1. The fourth-order valence-electron chi connectivity index (χ4n) is 3.11. The van der Waals surface area contributed by atoms with Crippen LogP contribution in [0.2, 0.25) is 0 Å². The zero-order valence-electron chi connectivity index (χ0n) is 13.4. The molecule has 2 N–H and O–H groups in total. The highest BCUT2D eigenvalue weighted by Crippen LogP contribution is 2.22. The van der Waals surface area contributed by atoms with Crippen molar-refractivity contribution < 1.29 is 14.6 Å². The lowest BCUT2D eigenvalue weighted by Gasteiger charge is -2.19. The van der Waals surface area contributed by atoms with Gasteiger partial charge in [0.15, 0.2) is 0 Å². The van der Waals surface area contributed by atoms with Crippen molar-refractivity contribution in [2.24, 2.45) is 5.92 Å².